The number of nitrogens with zero attached hydrogens (tertiary/aromatic N) is 4. The van der Waals surface area contributed by atoms with Crippen LogP contribution in [0.3, 0.4) is 0 Å². The Morgan fingerprint density at radius 1 is 0.914 bits per heavy atom. The van der Waals surface area contributed by atoms with Gasteiger partial charge < -0.3 is 20.6 Å². The second-order valence-electron chi connectivity index (χ2n) is 16.9. The molecule has 4 aliphatic rings. The highest BCUT2D eigenvalue weighted by molar-refractivity contribution is 7.18. The molecule has 2 aromatic carbocycles. The number of thiazole rings is 1. The van der Waals surface area contributed by atoms with Crippen LogP contribution in [0.4, 0.5) is 11.4 Å². The number of hydrogen-bond donors (Lipinski definition) is 4. The predicted molar refractivity (Wildman–Crippen MR) is 222 cm³/mol. The molecule has 0 radical (unpaired) electrons. The third-order valence-corrected chi connectivity index (χ3v) is 13.5. The number of nitrogens with one attached hydrogen (secondary N) is 3. The number of pyridine rings is 1. The predicted octanol–water partition coefficient (Wildman–Crippen LogP) is 6.37. The van der Waals surface area contributed by atoms with Gasteiger partial charge in [-0.1, -0.05) is 12.1 Å². The fourth-order valence-corrected chi connectivity index (χ4v) is 10.3. The van der Waals surface area contributed by atoms with E-state index in [4.69, 9.17) is 4.98 Å². The summed E-state index contributed by atoms with van der Waals surface area (Å²) in [4.78, 5) is 76.9. The minimum absolute atomic E-state index is 0.0904. The first-order valence-electron chi connectivity index (χ1n) is 20.6. The average Bonchev–Trinajstić information content (AvgIpc) is 3.73. The summed E-state index contributed by atoms with van der Waals surface area (Å²) < 4.78 is 0.989. The zero-order valence-electron chi connectivity index (χ0n) is 33.3. The lowest BCUT2D eigenvalue weighted by atomic mass is 9.81. The third kappa shape index (κ3) is 8.27. The number of carbonyl (C=O) groups excluding carboxylic acids is 5. The molecular weight excluding hydrogens is 755 g/mol. The lowest BCUT2D eigenvalue weighted by molar-refractivity contribution is -0.136. The van der Waals surface area contributed by atoms with E-state index in [1.165, 1.54) is 0 Å². The number of aromatic nitrogens is 2. The van der Waals surface area contributed by atoms with E-state index >= 15 is 0 Å². The van der Waals surface area contributed by atoms with E-state index < -0.39 is 35.3 Å². The lowest BCUT2D eigenvalue weighted by Crippen LogP contribution is -2.54. The van der Waals surface area contributed by atoms with Gasteiger partial charge in [0.05, 0.1) is 32.0 Å². The molecule has 0 bridgehead atoms. The smallest absolute Gasteiger partial charge is 0.274 e. The highest BCUT2D eigenvalue weighted by atomic mass is 32.1. The SMILES string of the molecule is Cc1cccc(C(=O)Nc2cc3sc([C@H]4CC[C@H](CN5CCC(CCNc6cccc7c6C(=O)N(C6CCC(=O)NC6=O)C7=O)CC5)CC4)nc3cc2C(C)(C)O)n1. The van der Waals surface area contributed by atoms with Crippen LogP contribution in [0.25, 0.3) is 10.2 Å². The van der Waals surface area contributed by atoms with Crippen molar-refractivity contribution < 1.29 is 29.1 Å². The summed E-state index contributed by atoms with van der Waals surface area (Å²) in [6, 6.07) is 13.4. The minimum Gasteiger partial charge on any atom is -0.386 e. The molecule has 304 valence electrons. The van der Waals surface area contributed by atoms with Crippen LogP contribution in [-0.4, -0.2) is 86.6 Å². The van der Waals surface area contributed by atoms with Crippen molar-refractivity contribution in [2.45, 2.75) is 96.1 Å². The molecule has 58 heavy (non-hydrogen) atoms. The number of likely N-dealkylation sites (tertiary alicyclic amines) is 1. The van der Waals surface area contributed by atoms with E-state index in [0.717, 1.165) is 90.4 Å². The zero-order chi connectivity index (χ0) is 40.7. The van der Waals surface area contributed by atoms with Gasteiger partial charge in [-0.05, 0) is 133 Å². The largest absolute Gasteiger partial charge is 0.386 e. The summed E-state index contributed by atoms with van der Waals surface area (Å²) in [6.07, 6.45) is 7.92. The van der Waals surface area contributed by atoms with Crippen LogP contribution in [0, 0.1) is 18.8 Å². The molecule has 3 aliphatic heterocycles. The molecule has 5 amide bonds. The van der Waals surface area contributed by atoms with Crippen molar-refractivity contribution in [1.29, 1.82) is 0 Å². The molecule has 1 atom stereocenters. The molecule has 1 saturated carbocycles. The Labute approximate surface area is 342 Å². The minimum atomic E-state index is -1.18. The van der Waals surface area contributed by atoms with Gasteiger partial charge in [-0.25, -0.2) is 9.97 Å². The number of imide groups is 2. The molecule has 0 spiro atoms. The van der Waals surface area contributed by atoms with Crippen LogP contribution < -0.4 is 16.0 Å². The number of anilines is 2. The first-order chi connectivity index (χ1) is 27.8. The Hall–Kier alpha value is -5.05. The third-order valence-electron chi connectivity index (χ3n) is 12.3. The zero-order valence-corrected chi connectivity index (χ0v) is 34.1. The summed E-state index contributed by atoms with van der Waals surface area (Å²) in [6.45, 7) is 9.21. The van der Waals surface area contributed by atoms with Crippen molar-refractivity contribution >= 4 is 62.5 Å². The number of piperidine rings is 2. The van der Waals surface area contributed by atoms with Gasteiger partial charge in [-0.2, -0.15) is 0 Å². The number of aryl methyl sites for hydroxylation is 1. The van der Waals surface area contributed by atoms with E-state index in [1.54, 1.807) is 43.4 Å². The van der Waals surface area contributed by atoms with Crippen LogP contribution in [-0.2, 0) is 15.2 Å². The molecule has 3 fully saturated rings. The van der Waals surface area contributed by atoms with Gasteiger partial charge in [0.2, 0.25) is 11.8 Å². The Bertz CT molecular complexity index is 2270. The highest BCUT2D eigenvalue weighted by Gasteiger charge is 2.45. The molecule has 5 heterocycles. The molecule has 4 N–H and O–H groups in total. The van der Waals surface area contributed by atoms with Crippen LogP contribution in [0.1, 0.15) is 125 Å². The van der Waals surface area contributed by atoms with Crippen LogP contribution >= 0.6 is 11.3 Å². The second kappa shape index (κ2) is 16.3. The van der Waals surface area contributed by atoms with Gasteiger partial charge in [-0.3, -0.25) is 34.2 Å². The summed E-state index contributed by atoms with van der Waals surface area (Å²) in [5, 5.41) is 20.8. The van der Waals surface area contributed by atoms with E-state index in [1.807, 2.05) is 37.3 Å². The summed E-state index contributed by atoms with van der Waals surface area (Å²) in [5.74, 6) is -0.682. The fraction of sp³-hybridized carbons (Fsp3) is 0.477. The number of amides is 5. The van der Waals surface area contributed by atoms with Crippen LogP contribution in [0.15, 0.2) is 48.5 Å². The average molecular weight is 806 g/mol. The maximum atomic E-state index is 13.4. The fourth-order valence-electron chi connectivity index (χ4n) is 9.12. The number of carbonyl (C=O) groups is 5. The van der Waals surface area contributed by atoms with E-state index in [-0.39, 0.29) is 24.3 Å². The lowest BCUT2D eigenvalue weighted by Gasteiger charge is -2.36. The standard InChI is InChI=1S/C44H51N7O6S/c1-25-6-4-9-32(46-25)39(53)47-33-23-36-34(22-30(33)44(2,3)57)48-41(58-36)28-12-10-27(11-13-28)24-50-20-17-26(18-21-50)16-19-45-31-8-5-7-29-38(31)43(56)51(42(29)55)35-14-15-37(52)49-40(35)54/h4-9,22-23,26-28,35,45,57H,10-21,24H2,1-3H3,(H,47,53)(H,49,52,54)/t27-,28-,35?. The highest BCUT2D eigenvalue weighted by Crippen LogP contribution is 2.42. The Kier molecular flexibility index (Phi) is 11.2. The molecule has 14 heteroatoms. The van der Waals surface area contributed by atoms with Gasteiger partial charge in [-0.15, -0.1) is 11.3 Å². The van der Waals surface area contributed by atoms with Crippen molar-refractivity contribution in [2.75, 3.05) is 36.8 Å². The first kappa shape index (κ1) is 39.8. The Balaban J connectivity index is 0.805. The maximum absolute atomic E-state index is 13.4. The van der Waals surface area contributed by atoms with Gasteiger partial charge in [0.15, 0.2) is 0 Å². The quantitative estimate of drug-likeness (QED) is 0.125. The number of rotatable bonds is 11. The van der Waals surface area contributed by atoms with E-state index in [2.05, 4.69) is 25.8 Å². The normalized spacial score (nSPS) is 22.0. The topological polar surface area (TPSA) is 174 Å². The maximum Gasteiger partial charge on any atom is 0.274 e. The molecule has 4 aromatic rings. The van der Waals surface area contributed by atoms with Gasteiger partial charge in [0.1, 0.15) is 11.7 Å². The van der Waals surface area contributed by atoms with Crippen molar-refractivity contribution in [3.8, 4) is 0 Å². The summed E-state index contributed by atoms with van der Waals surface area (Å²) >= 11 is 1.68. The van der Waals surface area contributed by atoms with Crippen LogP contribution in [0.5, 0.6) is 0 Å². The molecule has 13 nitrogen and oxygen atoms in total. The van der Waals surface area contributed by atoms with Crippen molar-refractivity contribution in [1.82, 2.24) is 25.1 Å². The first-order valence-corrected chi connectivity index (χ1v) is 21.4. The molecule has 1 unspecified atom stereocenters. The number of aliphatic hydroxyl groups is 1. The van der Waals surface area contributed by atoms with Gasteiger partial charge in [0.25, 0.3) is 17.7 Å². The summed E-state index contributed by atoms with van der Waals surface area (Å²) in [7, 11) is 0. The number of fused-ring (bicyclic) bond motifs is 2. The molecular formula is C44H51N7O6S. The molecule has 1 aliphatic carbocycles. The number of hydrogen-bond acceptors (Lipinski definition) is 11. The van der Waals surface area contributed by atoms with Crippen molar-refractivity contribution in [2.24, 2.45) is 11.8 Å². The molecule has 2 aromatic heterocycles. The van der Waals surface area contributed by atoms with Crippen molar-refractivity contribution in [3.63, 3.8) is 0 Å². The van der Waals surface area contributed by atoms with Crippen molar-refractivity contribution in [3.05, 3.63) is 81.6 Å². The van der Waals surface area contributed by atoms with E-state index in [0.29, 0.717) is 52.5 Å². The summed E-state index contributed by atoms with van der Waals surface area (Å²) in [5.41, 5.74) is 3.14. The molecule has 2 saturated heterocycles. The van der Waals surface area contributed by atoms with Gasteiger partial charge in [0, 0.05) is 48.1 Å². The van der Waals surface area contributed by atoms with Crippen LogP contribution in [0.2, 0.25) is 0 Å². The molecule has 8 rings (SSSR count). The number of benzene rings is 2. The Morgan fingerprint density at radius 3 is 2.40 bits per heavy atom. The second-order valence-corrected chi connectivity index (χ2v) is 18.0. The van der Waals surface area contributed by atoms with Gasteiger partial charge >= 0.3 is 0 Å². The van der Waals surface area contributed by atoms with E-state index in [9.17, 15) is 29.1 Å². The Morgan fingerprint density at radius 2 is 1.67 bits per heavy atom. The monoisotopic (exact) mass is 805 g/mol.